The number of anilines is 1. The Hall–Kier alpha value is 0.0400. The van der Waals surface area contributed by atoms with Crippen molar-refractivity contribution in [1.29, 1.82) is 0 Å². The molecule has 2 N–H and O–H groups in total. The van der Waals surface area contributed by atoms with Crippen LogP contribution < -0.4 is 5.73 Å². The summed E-state index contributed by atoms with van der Waals surface area (Å²) in [6.07, 6.45) is 0.754. The van der Waals surface area contributed by atoms with E-state index in [1.807, 2.05) is 0 Å². The van der Waals surface area contributed by atoms with Gasteiger partial charge in [-0.15, -0.1) is 12.6 Å². The van der Waals surface area contributed by atoms with Crippen molar-refractivity contribution in [3.8, 4) is 0 Å². The van der Waals surface area contributed by atoms with Gasteiger partial charge in [0, 0.05) is 16.1 Å². The van der Waals surface area contributed by atoms with E-state index >= 15 is 0 Å². The van der Waals surface area contributed by atoms with Crippen molar-refractivity contribution in [3.05, 3.63) is 23.8 Å². The van der Waals surface area contributed by atoms with Gasteiger partial charge < -0.3 is 5.73 Å². The van der Waals surface area contributed by atoms with E-state index in [0.717, 1.165) is 6.29 Å². The third-order valence-electron chi connectivity index (χ3n) is 1.19. The van der Waals surface area contributed by atoms with Gasteiger partial charge in [-0.25, -0.2) is 0 Å². The fourth-order valence-electron chi connectivity index (χ4n) is 0.646. The molecule has 1 aromatic rings. The van der Waals surface area contributed by atoms with Gasteiger partial charge >= 0.3 is 29.6 Å². The van der Waals surface area contributed by atoms with E-state index in [1.165, 1.54) is 0 Å². The van der Waals surface area contributed by atoms with E-state index in [9.17, 15) is 4.79 Å². The Labute approximate surface area is 92.9 Å². The average molecular weight is 177 g/mol. The van der Waals surface area contributed by atoms with Crippen LogP contribution in [0.25, 0.3) is 0 Å². The Morgan fingerprint density at radius 1 is 1.45 bits per heavy atom. The molecule has 1 rings (SSSR count). The minimum atomic E-state index is 0. The van der Waals surface area contributed by atoms with Crippen LogP contribution >= 0.6 is 12.6 Å². The van der Waals surface area contributed by atoms with Gasteiger partial charge in [0.1, 0.15) is 6.29 Å². The van der Waals surface area contributed by atoms with Gasteiger partial charge in [-0.1, -0.05) is 6.07 Å². The molecule has 0 spiro atoms. The van der Waals surface area contributed by atoms with Crippen molar-refractivity contribution in [3.63, 3.8) is 0 Å². The molecule has 0 heterocycles. The summed E-state index contributed by atoms with van der Waals surface area (Å²) in [4.78, 5) is 10.9. The summed E-state index contributed by atoms with van der Waals surface area (Å²) in [5, 5.41) is 0. The number of carbonyl (C=O) groups excluding carboxylic acids is 1. The standard InChI is InChI=1S/C7H7NOS.Na.H/c8-6-3-5(4-9)1-2-7(6)10;;/h1-4,10H,8H2;;. The van der Waals surface area contributed by atoms with E-state index in [4.69, 9.17) is 5.73 Å². The molecule has 11 heavy (non-hydrogen) atoms. The zero-order valence-corrected chi connectivity index (χ0v) is 6.14. The summed E-state index contributed by atoms with van der Waals surface area (Å²) < 4.78 is 0. The molecular formula is C7H8NNaOS. The second kappa shape index (κ2) is 4.83. The van der Waals surface area contributed by atoms with Crippen molar-refractivity contribution >= 4 is 54.2 Å². The number of rotatable bonds is 1. The predicted molar refractivity (Wildman–Crippen MR) is 50.6 cm³/mol. The summed E-state index contributed by atoms with van der Waals surface area (Å²) in [5.74, 6) is 0. The molecule has 0 saturated heterocycles. The molecule has 0 bridgehead atoms. The number of hydrogen-bond acceptors (Lipinski definition) is 3. The number of benzene rings is 1. The van der Waals surface area contributed by atoms with Crippen LogP contribution in [0.5, 0.6) is 0 Å². The Kier molecular flexibility index (Phi) is 4.84. The third-order valence-corrected chi connectivity index (χ3v) is 1.59. The molecule has 4 heteroatoms. The van der Waals surface area contributed by atoms with Gasteiger partial charge in [-0.05, 0) is 12.1 Å². The summed E-state index contributed by atoms with van der Waals surface area (Å²) in [5.41, 5.74) is 6.58. The first-order chi connectivity index (χ1) is 4.74. The van der Waals surface area contributed by atoms with Crippen LogP contribution in [-0.2, 0) is 0 Å². The molecule has 0 aromatic heterocycles. The Morgan fingerprint density at radius 2 is 2.09 bits per heavy atom. The maximum absolute atomic E-state index is 10.2. The molecule has 2 nitrogen and oxygen atoms in total. The zero-order chi connectivity index (χ0) is 7.56. The summed E-state index contributed by atoms with van der Waals surface area (Å²) in [6.45, 7) is 0. The van der Waals surface area contributed by atoms with E-state index in [2.05, 4.69) is 12.6 Å². The van der Waals surface area contributed by atoms with Crippen LogP contribution in [0.4, 0.5) is 5.69 Å². The van der Waals surface area contributed by atoms with E-state index in [-0.39, 0.29) is 29.6 Å². The molecule has 0 aliphatic heterocycles. The van der Waals surface area contributed by atoms with E-state index in [0.29, 0.717) is 16.1 Å². The summed E-state index contributed by atoms with van der Waals surface area (Å²) >= 11 is 4.04. The maximum atomic E-state index is 10.2. The SMILES string of the molecule is Nc1cc(C=O)ccc1S.[NaH]. The van der Waals surface area contributed by atoms with Gasteiger partial charge in [-0.2, -0.15) is 0 Å². The molecule has 0 fully saturated rings. The van der Waals surface area contributed by atoms with Gasteiger partial charge in [-0.3, -0.25) is 4.79 Å². The van der Waals surface area contributed by atoms with Crippen LogP contribution in [0.1, 0.15) is 10.4 Å². The third kappa shape index (κ3) is 2.87. The summed E-state index contributed by atoms with van der Waals surface area (Å²) in [7, 11) is 0. The van der Waals surface area contributed by atoms with E-state index in [1.54, 1.807) is 18.2 Å². The molecule has 0 saturated carbocycles. The number of aldehydes is 1. The normalized spacial score (nSPS) is 8.45. The van der Waals surface area contributed by atoms with Crippen LogP contribution in [0.3, 0.4) is 0 Å². The quantitative estimate of drug-likeness (QED) is 0.287. The van der Waals surface area contributed by atoms with Crippen molar-refractivity contribution in [1.82, 2.24) is 0 Å². The predicted octanol–water partition coefficient (Wildman–Crippen LogP) is 0.721. The van der Waals surface area contributed by atoms with Crippen LogP contribution in [0.2, 0.25) is 0 Å². The molecule has 0 amide bonds. The number of thiol groups is 1. The van der Waals surface area contributed by atoms with Crippen molar-refractivity contribution in [2.75, 3.05) is 5.73 Å². The first-order valence-electron chi connectivity index (χ1n) is 2.77. The van der Waals surface area contributed by atoms with Gasteiger partial charge in [0.05, 0.1) is 0 Å². The fourth-order valence-corrected chi connectivity index (χ4v) is 0.785. The molecule has 0 aliphatic carbocycles. The van der Waals surface area contributed by atoms with Crippen molar-refractivity contribution < 1.29 is 4.79 Å². The molecule has 0 aliphatic rings. The monoisotopic (exact) mass is 177 g/mol. The number of hydrogen-bond donors (Lipinski definition) is 2. The second-order valence-corrected chi connectivity index (χ2v) is 2.42. The number of nitrogen functional groups attached to an aromatic ring is 1. The molecule has 0 radical (unpaired) electrons. The van der Waals surface area contributed by atoms with Crippen LogP contribution in [-0.4, -0.2) is 35.8 Å². The topological polar surface area (TPSA) is 43.1 Å². The van der Waals surface area contributed by atoms with Gasteiger partial charge in [0.15, 0.2) is 0 Å². The van der Waals surface area contributed by atoms with Crippen molar-refractivity contribution in [2.45, 2.75) is 4.90 Å². The Bertz CT molecular complexity index is 265. The Morgan fingerprint density at radius 3 is 2.55 bits per heavy atom. The van der Waals surface area contributed by atoms with Crippen LogP contribution in [0.15, 0.2) is 23.1 Å². The van der Waals surface area contributed by atoms with Crippen molar-refractivity contribution in [2.24, 2.45) is 0 Å². The fraction of sp³-hybridized carbons (Fsp3) is 0. The molecular weight excluding hydrogens is 169 g/mol. The van der Waals surface area contributed by atoms with Gasteiger partial charge in [0.2, 0.25) is 0 Å². The Balaban J connectivity index is 0.000001000. The molecule has 1 aromatic carbocycles. The number of nitrogens with two attached hydrogens (primary N) is 1. The van der Waals surface area contributed by atoms with Crippen LogP contribution in [0, 0.1) is 0 Å². The van der Waals surface area contributed by atoms with Gasteiger partial charge in [0.25, 0.3) is 0 Å². The average Bonchev–Trinajstić information content (AvgIpc) is 1.95. The molecule has 54 valence electrons. The first kappa shape index (κ1) is 11.0. The van der Waals surface area contributed by atoms with E-state index < -0.39 is 0 Å². The summed E-state index contributed by atoms with van der Waals surface area (Å²) in [6, 6.07) is 4.96. The first-order valence-corrected chi connectivity index (χ1v) is 3.22. The molecule has 0 atom stereocenters. The number of carbonyl (C=O) groups is 1. The molecule has 0 unspecified atom stereocenters. The minimum absolute atomic E-state index is 0. The zero-order valence-electron chi connectivity index (χ0n) is 5.24. The second-order valence-electron chi connectivity index (χ2n) is 1.94.